The van der Waals surface area contributed by atoms with Crippen LogP contribution in [0.15, 0.2) is 47.0 Å². The van der Waals surface area contributed by atoms with E-state index >= 15 is 0 Å². The molecule has 3 aromatic rings. The Labute approximate surface area is 104 Å². The molecular formula is C15H11NO2. The van der Waals surface area contributed by atoms with Crippen LogP contribution in [0.25, 0.3) is 22.2 Å². The van der Waals surface area contributed by atoms with Gasteiger partial charge in [0.05, 0.1) is 0 Å². The van der Waals surface area contributed by atoms with E-state index in [0.717, 1.165) is 28.3 Å². The molecule has 0 amide bonds. The summed E-state index contributed by atoms with van der Waals surface area (Å²) in [6.07, 6.45) is 0.826. The fourth-order valence-corrected chi connectivity index (χ4v) is 2.01. The summed E-state index contributed by atoms with van der Waals surface area (Å²) in [5, 5.41) is 5.01. The zero-order valence-corrected chi connectivity index (χ0v) is 9.88. The Hall–Kier alpha value is -2.42. The minimum Gasteiger partial charge on any atom is -0.355 e. The Morgan fingerprint density at radius 2 is 2.06 bits per heavy atom. The van der Waals surface area contributed by atoms with Gasteiger partial charge in [0.15, 0.2) is 5.76 Å². The highest BCUT2D eigenvalue weighted by Crippen LogP contribution is 2.29. The largest absolute Gasteiger partial charge is 0.355 e. The summed E-state index contributed by atoms with van der Waals surface area (Å²) in [6.45, 7) is 2.01. The van der Waals surface area contributed by atoms with E-state index in [-0.39, 0.29) is 0 Å². The topological polar surface area (TPSA) is 43.1 Å². The van der Waals surface area contributed by atoms with Crippen molar-refractivity contribution in [3.8, 4) is 11.3 Å². The molecule has 0 unspecified atom stereocenters. The van der Waals surface area contributed by atoms with Gasteiger partial charge in [-0.05, 0) is 30.7 Å². The first-order chi connectivity index (χ1) is 8.78. The average Bonchev–Trinajstić information content (AvgIpc) is 2.81. The average molecular weight is 237 g/mol. The summed E-state index contributed by atoms with van der Waals surface area (Å²) < 4.78 is 5.39. The fourth-order valence-electron chi connectivity index (χ4n) is 2.01. The second-order valence-corrected chi connectivity index (χ2v) is 4.28. The number of rotatable bonds is 2. The summed E-state index contributed by atoms with van der Waals surface area (Å²) in [7, 11) is 0. The van der Waals surface area contributed by atoms with E-state index in [2.05, 4.69) is 5.16 Å². The maximum Gasteiger partial charge on any atom is 0.174 e. The van der Waals surface area contributed by atoms with Gasteiger partial charge in [-0.2, -0.15) is 0 Å². The lowest BCUT2D eigenvalue weighted by atomic mass is 10.1. The summed E-state index contributed by atoms with van der Waals surface area (Å²) in [5.41, 5.74) is 3.47. The van der Waals surface area contributed by atoms with E-state index in [9.17, 15) is 4.79 Å². The first-order valence-corrected chi connectivity index (χ1v) is 5.69. The third-order valence-corrected chi connectivity index (χ3v) is 2.92. The Morgan fingerprint density at radius 3 is 2.89 bits per heavy atom. The Morgan fingerprint density at radius 1 is 1.17 bits per heavy atom. The molecule has 0 saturated heterocycles. The molecule has 0 aliphatic heterocycles. The maximum atomic E-state index is 10.8. The molecule has 0 fully saturated rings. The van der Waals surface area contributed by atoms with E-state index in [1.165, 1.54) is 0 Å². The van der Waals surface area contributed by atoms with Gasteiger partial charge in [0.2, 0.25) is 0 Å². The molecule has 1 aromatic heterocycles. The van der Waals surface area contributed by atoms with Crippen molar-refractivity contribution in [1.29, 1.82) is 0 Å². The fraction of sp³-hybridized carbons (Fsp3) is 0.0667. The molecule has 0 aliphatic carbocycles. The molecule has 18 heavy (non-hydrogen) atoms. The molecule has 0 spiro atoms. The molecular weight excluding hydrogens is 226 g/mol. The van der Waals surface area contributed by atoms with Crippen molar-refractivity contribution in [2.24, 2.45) is 0 Å². The molecule has 0 aliphatic rings. The molecule has 3 heteroatoms. The van der Waals surface area contributed by atoms with Crippen molar-refractivity contribution < 1.29 is 9.32 Å². The molecule has 0 N–H and O–H groups in total. The van der Waals surface area contributed by atoms with Gasteiger partial charge >= 0.3 is 0 Å². The molecule has 0 atom stereocenters. The number of carbonyl (C=O) groups excluding carboxylic acids is 1. The number of hydrogen-bond acceptors (Lipinski definition) is 3. The van der Waals surface area contributed by atoms with Gasteiger partial charge in [0.1, 0.15) is 11.8 Å². The van der Waals surface area contributed by atoms with Crippen LogP contribution in [0.1, 0.15) is 15.9 Å². The predicted octanol–water partition coefficient (Wildman–Crippen LogP) is 3.62. The Kier molecular flexibility index (Phi) is 2.45. The summed E-state index contributed by atoms with van der Waals surface area (Å²) in [5.74, 6) is 0.703. The van der Waals surface area contributed by atoms with Gasteiger partial charge in [-0.15, -0.1) is 0 Å². The smallest absolute Gasteiger partial charge is 0.174 e. The third kappa shape index (κ3) is 1.70. The summed E-state index contributed by atoms with van der Waals surface area (Å²) in [6, 6.07) is 13.3. The van der Waals surface area contributed by atoms with Crippen molar-refractivity contribution in [2.45, 2.75) is 6.92 Å². The lowest BCUT2D eigenvalue weighted by molar-refractivity contribution is 0.112. The highest BCUT2D eigenvalue weighted by molar-refractivity contribution is 5.92. The number of aryl methyl sites for hydroxylation is 1. The zero-order chi connectivity index (χ0) is 12.5. The minimum atomic E-state index is 0.629. The van der Waals surface area contributed by atoms with Crippen molar-refractivity contribution in [3.63, 3.8) is 0 Å². The van der Waals surface area contributed by atoms with Crippen molar-refractivity contribution in [2.75, 3.05) is 0 Å². The number of fused-ring (bicyclic) bond motifs is 1. The second kappa shape index (κ2) is 4.11. The van der Waals surface area contributed by atoms with Crippen molar-refractivity contribution in [3.05, 3.63) is 53.6 Å². The SMILES string of the molecule is Cc1ccc2c(-c3cccc(C=O)c3)onc2c1. The van der Waals surface area contributed by atoms with Gasteiger partial charge in [-0.1, -0.05) is 29.4 Å². The van der Waals surface area contributed by atoms with E-state index in [1.54, 1.807) is 12.1 Å². The standard InChI is InChI=1S/C15H11NO2/c1-10-5-6-13-14(7-10)16-18-15(13)12-4-2-3-11(8-12)9-17/h2-9H,1H3. The number of aromatic nitrogens is 1. The monoisotopic (exact) mass is 237 g/mol. The minimum absolute atomic E-state index is 0.629. The normalized spacial score (nSPS) is 10.7. The van der Waals surface area contributed by atoms with Gasteiger partial charge < -0.3 is 4.52 Å². The van der Waals surface area contributed by atoms with Crippen LogP contribution in [-0.2, 0) is 0 Å². The highest BCUT2D eigenvalue weighted by atomic mass is 16.5. The molecule has 3 nitrogen and oxygen atoms in total. The van der Waals surface area contributed by atoms with Crippen LogP contribution in [0.2, 0.25) is 0 Å². The highest BCUT2D eigenvalue weighted by Gasteiger charge is 2.10. The number of aldehydes is 1. The maximum absolute atomic E-state index is 10.8. The van der Waals surface area contributed by atoms with Crippen LogP contribution in [0.4, 0.5) is 0 Å². The molecule has 88 valence electrons. The van der Waals surface area contributed by atoms with Crippen LogP contribution in [0, 0.1) is 6.92 Å². The molecule has 0 radical (unpaired) electrons. The first kappa shape index (κ1) is 10.7. The first-order valence-electron chi connectivity index (χ1n) is 5.69. The zero-order valence-electron chi connectivity index (χ0n) is 9.88. The van der Waals surface area contributed by atoms with Crippen LogP contribution < -0.4 is 0 Å². The van der Waals surface area contributed by atoms with Crippen LogP contribution in [0.3, 0.4) is 0 Å². The van der Waals surface area contributed by atoms with Crippen LogP contribution in [-0.4, -0.2) is 11.4 Å². The molecule has 0 bridgehead atoms. The summed E-state index contributed by atoms with van der Waals surface area (Å²) >= 11 is 0. The molecule has 3 rings (SSSR count). The van der Waals surface area contributed by atoms with Gasteiger partial charge in [0.25, 0.3) is 0 Å². The van der Waals surface area contributed by atoms with Gasteiger partial charge in [-0.25, -0.2) is 0 Å². The summed E-state index contributed by atoms with van der Waals surface area (Å²) in [4.78, 5) is 10.8. The quantitative estimate of drug-likeness (QED) is 0.639. The van der Waals surface area contributed by atoms with E-state index in [4.69, 9.17) is 4.52 Å². The van der Waals surface area contributed by atoms with E-state index < -0.39 is 0 Å². The number of benzene rings is 2. The molecule has 0 saturated carbocycles. The predicted molar refractivity (Wildman–Crippen MR) is 69.6 cm³/mol. The number of carbonyl (C=O) groups is 1. The molecule has 2 aromatic carbocycles. The third-order valence-electron chi connectivity index (χ3n) is 2.92. The Bertz CT molecular complexity index is 728. The van der Waals surface area contributed by atoms with Gasteiger partial charge in [-0.3, -0.25) is 4.79 Å². The van der Waals surface area contributed by atoms with Gasteiger partial charge in [0, 0.05) is 16.5 Å². The van der Waals surface area contributed by atoms with E-state index in [0.29, 0.717) is 11.3 Å². The second-order valence-electron chi connectivity index (χ2n) is 4.28. The van der Waals surface area contributed by atoms with Crippen molar-refractivity contribution >= 4 is 17.2 Å². The van der Waals surface area contributed by atoms with E-state index in [1.807, 2.05) is 37.3 Å². The van der Waals surface area contributed by atoms with Crippen molar-refractivity contribution in [1.82, 2.24) is 5.16 Å². The number of hydrogen-bond donors (Lipinski definition) is 0. The Balaban J connectivity index is 2.22. The lowest BCUT2D eigenvalue weighted by Crippen LogP contribution is -1.81. The van der Waals surface area contributed by atoms with Crippen LogP contribution >= 0.6 is 0 Å². The number of nitrogens with zero attached hydrogens (tertiary/aromatic N) is 1. The molecule has 1 heterocycles. The van der Waals surface area contributed by atoms with Crippen LogP contribution in [0.5, 0.6) is 0 Å². The lowest BCUT2D eigenvalue weighted by Gasteiger charge is -1.98.